The Balaban J connectivity index is 2.80. The largest absolute Gasteiger partial charge is 0.328 e. The van der Waals surface area contributed by atoms with Crippen LogP contribution in [0.3, 0.4) is 0 Å². The van der Waals surface area contributed by atoms with Crippen LogP contribution in [-0.2, 0) is 16.3 Å². The van der Waals surface area contributed by atoms with E-state index in [-0.39, 0.29) is 11.3 Å². The van der Waals surface area contributed by atoms with Crippen molar-refractivity contribution < 1.29 is 8.42 Å². The van der Waals surface area contributed by atoms with E-state index in [4.69, 9.17) is 5.73 Å². The van der Waals surface area contributed by atoms with Crippen molar-refractivity contribution >= 4 is 9.84 Å². The number of nitrogens with two attached hydrogens (primary N) is 1. The molecular weight excluding hydrogens is 246 g/mol. The molecule has 0 saturated carbocycles. The summed E-state index contributed by atoms with van der Waals surface area (Å²) in [6, 6.07) is 7.45. The molecule has 0 saturated heterocycles. The molecule has 1 aromatic rings. The van der Waals surface area contributed by atoms with E-state index in [1.54, 1.807) is 26.0 Å². The van der Waals surface area contributed by atoms with Gasteiger partial charge in [0, 0.05) is 6.04 Å². The van der Waals surface area contributed by atoms with E-state index in [1.807, 2.05) is 19.1 Å². The maximum Gasteiger partial charge on any atom is 0.180 e. The number of rotatable bonds is 6. The Morgan fingerprint density at radius 1 is 1.22 bits per heavy atom. The van der Waals surface area contributed by atoms with Gasteiger partial charge in [-0.1, -0.05) is 12.1 Å². The van der Waals surface area contributed by atoms with Crippen LogP contribution < -0.4 is 5.73 Å². The summed E-state index contributed by atoms with van der Waals surface area (Å²) in [7, 11) is -3.17. The molecule has 0 aliphatic carbocycles. The van der Waals surface area contributed by atoms with Crippen molar-refractivity contribution in [3.05, 3.63) is 29.8 Å². The molecule has 0 bridgehead atoms. The Kier molecular flexibility index (Phi) is 5.35. The number of aryl methyl sites for hydroxylation is 1. The van der Waals surface area contributed by atoms with Crippen molar-refractivity contribution in [1.82, 2.24) is 0 Å². The second kappa shape index (κ2) is 6.34. The molecule has 1 unspecified atom stereocenters. The van der Waals surface area contributed by atoms with E-state index in [0.717, 1.165) is 24.8 Å². The first kappa shape index (κ1) is 15.2. The highest BCUT2D eigenvalue weighted by molar-refractivity contribution is 7.92. The molecule has 0 spiro atoms. The average molecular weight is 269 g/mol. The summed E-state index contributed by atoms with van der Waals surface area (Å²) in [4.78, 5) is 0.427. The van der Waals surface area contributed by atoms with Crippen LogP contribution in [0.4, 0.5) is 0 Å². The summed E-state index contributed by atoms with van der Waals surface area (Å²) >= 11 is 0. The molecular formula is C14H23NO2S. The van der Waals surface area contributed by atoms with Gasteiger partial charge in [-0.15, -0.1) is 0 Å². The fourth-order valence-electron chi connectivity index (χ4n) is 1.78. The topological polar surface area (TPSA) is 60.2 Å². The highest BCUT2D eigenvalue weighted by atomic mass is 32.2. The second-order valence-corrected chi connectivity index (χ2v) is 7.61. The fraction of sp³-hybridized carbons (Fsp3) is 0.571. The fourth-order valence-corrected chi connectivity index (χ4v) is 2.91. The minimum atomic E-state index is -3.17. The molecule has 18 heavy (non-hydrogen) atoms. The van der Waals surface area contributed by atoms with Crippen LogP contribution in [0.2, 0.25) is 0 Å². The lowest BCUT2D eigenvalue weighted by atomic mass is 10.1. The Morgan fingerprint density at radius 2 is 1.89 bits per heavy atom. The first-order valence-electron chi connectivity index (χ1n) is 6.42. The summed E-state index contributed by atoms with van der Waals surface area (Å²) in [5, 5.41) is -0.378. The zero-order valence-corrected chi connectivity index (χ0v) is 12.2. The lowest BCUT2D eigenvalue weighted by Crippen LogP contribution is -2.15. The minimum absolute atomic E-state index is 0.201. The van der Waals surface area contributed by atoms with Crippen molar-refractivity contribution in [1.29, 1.82) is 0 Å². The summed E-state index contributed by atoms with van der Waals surface area (Å²) in [5.74, 6) is 0. The Bertz CT molecular complexity index is 478. The zero-order chi connectivity index (χ0) is 13.8. The molecule has 0 radical (unpaired) electrons. The highest BCUT2D eigenvalue weighted by Crippen LogP contribution is 2.18. The van der Waals surface area contributed by atoms with E-state index in [9.17, 15) is 8.42 Å². The van der Waals surface area contributed by atoms with Gasteiger partial charge in [0.2, 0.25) is 0 Å². The molecule has 2 N–H and O–H groups in total. The van der Waals surface area contributed by atoms with Crippen molar-refractivity contribution in [2.24, 2.45) is 5.73 Å². The molecule has 1 aromatic carbocycles. The van der Waals surface area contributed by atoms with Crippen LogP contribution in [0.25, 0.3) is 0 Å². The molecule has 1 atom stereocenters. The summed E-state index contributed by atoms with van der Waals surface area (Å²) in [5.41, 5.74) is 6.77. The maximum absolute atomic E-state index is 12.0. The van der Waals surface area contributed by atoms with Gasteiger partial charge in [0.15, 0.2) is 9.84 Å². The van der Waals surface area contributed by atoms with E-state index < -0.39 is 9.84 Å². The number of benzene rings is 1. The SMILES string of the molecule is CC(N)CCCc1cccc(S(=O)(=O)C(C)C)c1. The van der Waals surface area contributed by atoms with Gasteiger partial charge in [0.1, 0.15) is 0 Å². The Morgan fingerprint density at radius 3 is 2.44 bits per heavy atom. The molecule has 0 amide bonds. The Labute approximate surface area is 110 Å². The molecule has 0 aliphatic rings. The van der Waals surface area contributed by atoms with E-state index in [1.165, 1.54) is 0 Å². The quantitative estimate of drug-likeness (QED) is 0.863. The predicted molar refractivity (Wildman–Crippen MR) is 75.4 cm³/mol. The van der Waals surface area contributed by atoms with Gasteiger partial charge < -0.3 is 5.73 Å². The average Bonchev–Trinajstić information content (AvgIpc) is 2.28. The number of hydrogen-bond donors (Lipinski definition) is 1. The number of hydrogen-bond acceptors (Lipinski definition) is 3. The lowest BCUT2D eigenvalue weighted by Gasteiger charge is -2.10. The van der Waals surface area contributed by atoms with E-state index in [2.05, 4.69) is 0 Å². The van der Waals surface area contributed by atoms with Gasteiger partial charge in [0.25, 0.3) is 0 Å². The van der Waals surface area contributed by atoms with E-state index >= 15 is 0 Å². The first-order valence-corrected chi connectivity index (χ1v) is 7.97. The van der Waals surface area contributed by atoms with Crippen LogP contribution >= 0.6 is 0 Å². The van der Waals surface area contributed by atoms with Gasteiger partial charge in [-0.05, 0) is 57.7 Å². The third-order valence-electron chi connectivity index (χ3n) is 2.97. The van der Waals surface area contributed by atoms with Gasteiger partial charge in [-0.2, -0.15) is 0 Å². The summed E-state index contributed by atoms with van der Waals surface area (Å²) < 4.78 is 24.1. The molecule has 1 rings (SSSR count). The van der Waals surface area contributed by atoms with Crippen LogP contribution in [0, 0.1) is 0 Å². The van der Waals surface area contributed by atoms with Crippen molar-refractivity contribution in [2.75, 3.05) is 0 Å². The van der Waals surface area contributed by atoms with Gasteiger partial charge in [-0.25, -0.2) is 8.42 Å². The molecule has 102 valence electrons. The molecule has 0 aromatic heterocycles. The predicted octanol–water partition coefficient (Wildman–Crippen LogP) is 2.54. The molecule has 0 fully saturated rings. The van der Waals surface area contributed by atoms with Crippen LogP contribution in [-0.4, -0.2) is 19.7 Å². The normalized spacial score (nSPS) is 13.8. The molecule has 3 nitrogen and oxygen atoms in total. The van der Waals surface area contributed by atoms with E-state index in [0.29, 0.717) is 4.90 Å². The standard InChI is InChI=1S/C14H23NO2S/c1-11(2)18(16,17)14-9-5-8-13(10-14)7-4-6-12(3)15/h5,8-12H,4,6-7,15H2,1-3H3. The zero-order valence-electron chi connectivity index (χ0n) is 11.4. The van der Waals surface area contributed by atoms with Crippen LogP contribution in [0.15, 0.2) is 29.2 Å². The van der Waals surface area contributed by atoms with Crippen LogP contribution in [0.1, 0.15) is 39.2 Å². The van der Waals surface area contributed by atoms with Crippen molar-refractivity contribution in [2.45, 2.75) is 56.2 Å². The highest BCUT2D eigenvalue weighted by Gasteiger charge is 2.18. The molecule has 0 heterocycles. The molecule has 4 heteroatoms. The first-order chi connectivity index (χ1) is 8.34. The summed E-state index contributed by atoms with van der Waals surface area (Å²) in [6.45, 7) is 5.40. The maximum atomic E-state index is 12.0. The molecule has 0 aliphatic heterocycles. The Hall–Kier alpha value is -0.870. The van der Waals surface area contributed by atoms with Crippen molar-refractivity contribution in [3.8, 4) is 0 Å². The minimum Gasteiger partial charge on any atom is -0.328 e. The monoisotopic (exact) mass is 269 g/mol. The van der Waals surface area contributed by atoms with Crippen molar-refractivity contribution in [3.63, 3.8) is 0 Å². The van der Waals surface area contributed by atoms with Crippen LogP contribution in [0.5, 0.6) is 0 Å². The smallest absolute Gasteiger partial charge is 0.180 e. The number of sulfone groups is 1. The third kappa shape index (κ3) is 4.10. The van der Waals surface area contributed by atoms with Gasteiger partial charge in [0.05, 0.1) is 10.1 Å². The van der Waals surface area contributed by atoms with Gasteiger partial charge >= 0.3 is 0 Å². The van der Waals surface area contributed by atoms with Gasteiger partial charge in [-0.3, -0.25) is 0 Å². The summed E-state index contributed by atoms with van der Waals surface area (Å²) in [6.07, 6.45) is 2.83. The third-order valence-corrected chi connectivity index (χ3v) is 5.12. The lowest BCUT2D eigenvalue weighted by molar-refractivity contribution is 0.587. The second-order valence-electron chi connectivity index (χ2n) is 5.11.